The molecule has 1 amide bonds. The van der Waals surface area contributed by atoms with Crippen molar-refractivity contribution in [1.29, 1.82) is 5.26 Å². The molecule has 2 N–H and O–H groups in total. The lowest BCUT2D eigenvalue weighted by atomic mass is 10.2. The first-order valence-electron chi connectivity index (χ1n) is 7.41. The first-order valence-corrected chi connectivity index (χ1v) is 7.41. The molecule has 0 aliphatic heterocycles. The first kappa shape index (κ1) is 17.0. The number of halogens is 2. The minimum absolute atomic E-state index is 0.0706. The van der Waals surface area contributed by atoms with Gasteiger partial charge in [0.2, 0.25) is 0 Å². The van der Waals surface area contributed by atoms with Gasteiger partial charge in [0.05, 0.1) is 11.6 Å². The standard InChI is InChI=1S/C18H11F2N5O/c19-13-2-1-3-14(20)17(13)25-18(26)15-8-16(23-10-22-15)24-12-6-4-11(9-21)5-7-12/h1-8,10H,(H,25,26)(H,22,23,24). The number of amides is 1. The molecule has 0 fully saturated rings. The number of para-hydroxylation sites is 1. The van der Waals surface area contributed by atoms with Crippen molar-refractivity contribution in [2.45, 2.75) is 0 Å². The molecule has 6 nitrogen and oxygen atoms in total. The molecule has 128 valence electrons. The SMILES string of the molecule is N#Cc1ccc(Nc2cc(C(=O)Nc3c(F)cccc3F)ncn2)cc1. The second kappa shape index (κ2) is 7.36. The van der Waals surface area contributed by atoms with Crippen LogP contribution in [-0.2, 0) is 0 Å². The van der Waals surface area contributed by atoms with Crippen molar-refractivity contribution in [3.05, 3.63) is 77.8 Å². The Labute approximate surface area is 147 Å². The van der Waals surface area contributed by atoms with E-state index in [0.717, 1.165) is 18.5 Å². The number of carbonyl (C=O) groups is 1. The Kier molecular flexibility index (Phi) is 4.80. The summed E-state index contributed by atoms with van der Waals surface area (Å²) in [6, 6.07) is 13.2. The number of nitriles is 1. The van der Waals surface area contributed by atoms with E-state index in [2.05, 4.69) is 20.6 Å². The molecule has 0 saturated carbocycles. The number of benzene rings is 2. The molecular formula is C18H11F2N5O. The van der Waals surface area contributed by atoms with Gasteiger partial charge in [0.15, 0.2) is 0 Å². The summed E-state index contributed by atoms with van der Waals surface area (Å²) in [6.07, 6.45) is 1.15. The molecular weight excluding hydrogens is 340 g/mol. The van der Waals surface area contributed by atoms with Gasteiger partial charge in [-0.15, -0.1) is 0 Å². The molecule has 0 spiro atoms. The fourth-order valence-corrected chi connectivity index (χ4v) is 2.12. The lowest BCUT2D eigenvalue weighted by Gasteiger charge is -2.09. The van der Waals surface area contributed by atoms with Gasteiger partial charge in [-0.1, -0.05) is 6.07 Å². The zero-order valence-corrected chi connectivity index (χ0v) is 13.2. The Bertz CT molecular complexity index is 979. The summed E-state index contributed by atoms with van der Waals surface area (Å²) in [5.41, 5.74) is 0.538. The highest BCUT2D eigenvalue weighted by atomic mass is 19.1. The number of hydrogen-bond acceptors (Lipinski definition) is 5. The van der Waals surface area contributed by atoms with Crippen LogP contribution in [0.4, 0.5) is 26.0 Å². The zero-order chi connectivity index (χ0) is 18.5. The van der Waals surface area contributed by atoms with Crippen LogP contribution in [0.15, 0.2) is 54.9 Å². The maximum atomic E-state index is 13.6. The van der Waals surface area contributed by atoms with Gasteiger partial charge in [0, 0.05) is 11.8 Å². The van der Waals surface area contributed by atoms with Crippen molar-refractivity contribution in [1.82, 2.24) is 9.97 Å². The number of aromatic nitrogens is 2. The van der Waals surface area contributed by atoms with Gasteiger partial charge in [-0.2, -0.15) is 5.26 Å². The molecule has 2 aromatic carbocycles. The number of nitrogens with one attached hydrogen (secondary N) is 2. The van der Waals surface area contributed by atoms with E-state index in [0.29, 0.717) is 17.1 Å². The largest absolute Gasteiger partial charge is 0.340 e. The van der Waals surface area contributed by atoms with Crippen LogP contribution in [0.3, 0.4) is 0 Å². The number of nitrogens with zero attached hydrogens (tertiary/aromatic N) is 3. The van der Waals surface area contributed by atoms with E-state index in [9.17, 15) is 13.6 Å². The number of rotatable bonds is 4. The fourth-order valence-electron chi connectivity index (χ4n) is 2.12. The first-order chi connectivity index (χ1) is 12.6. The van der Waals surface area contributed by atoms with Crippen LogP contribution in [-0.4, -0.2) is 15.9 Å². The second-order valence-electron chi connectivity index (χ2n) is 5.15. The molecule has 8 heteroatoms. The highest BCUT2D eigenvalue weighted by Gasteiger charge is 2.15. The molecule has 0 aliphatic carbocycles. The molecule has 0 unspecified atom stereocenters. The van der Waals surface area contributed by atoms with Crippen LogP contribution in [0.25, 0.3) is 0 Å². The highest BCUT2D eigenvalue weighted by molar-refractivity contribution is 6.03. The minimum atomic E-state index is -0.886. The molecule has 0 radical (unpaired) electrons. The third-order valence-corrected chi connectivity index (χ3v) is 3.39. The van der Waals surface area contributed by atoms with Crippen molar-refractivity contribution in [2.75, 3.05) is 10.6 Å². The molecule has 1 heterocycles. The highest BCUT2D eigenvalue weighted by Crippen LogP contribution is 2.20. The van der Waals surface area contributed by atoms with Gasteiger partial charge < -0.3 is 10.6 Å². The Morgan fingerprint density at radius 2 is 1.73 bits per heavy atom. The number of hydrogen-bond donors (Lipinski definition) is 2. The van der Waals surface area contributed by atoms with E-state index in [-0.39, 0.29) is 5.69 Å². The van der Waals surface area contributed by atoms with Crippen molar-refractivity contribution >= 4 is 23.1 Å². The Morgan fingerprint density at radius 3 is 2.38 bits per heavy atom. The van der Waals surface area contributed by atoms with Crippen LogP contribution in [0.2, 0.25) is 0 Å². The van der Waals surface area contributed by atoms with Gasteiger partial charge in [0.25, 0.3) is 5.91 Å². The van der Waals surface area contributed by atoms with Crippen molar-refractivity contribution in [3.63, 3.8) is 0 Å². The van der Waals surface area contributed by atoms with E-state index in [1.165, 1.54) is 12.1 Å². The predicted molar refractivity (Wildman–Crippen MR) is 90.8 cm³/mol. The van der Waals surface area contributed by atoms with Crippen LogP contribution in [0.5, 0.6) is 0 Å². The summed E-state index contributed by atoms with van der Waals surface area (Å²) in [5, 5.41) is 13.9. The van der Waals surface area contributed by atoms with Gasteiger partial charge in [-0.25, -0.2) is 18.7 Å². The van der Waals surface area contributed by atoms with Gasteiger partial charge in [-0.05, 0) is 36.4 Å². The molecule has 0 saturated heterocycles. The van der Waals surface area contributed by atoms with Crippen molar-refractivity contribution in [2.24, 2.45) is 0 Å². The predicted octanol–water partition coefficient (Wildman–Crippen LogP) is 3.62. The van der Waals surface area contributed by atoms with Crippen molar-refractivity contribution in [3.8, 4) is 6.07 Å². The number of carbonyl (C=O) groups excluding carboxylic acids is 1. The van der Waals surface area contributed by atoms with Crippen molar-refractivity contribution < 1.29 is 13.6 Å². The maximum absolute atomic E-state index is 13.6. The normalized spacial score (nSPS) is 10.0. The lowest BCUT2D eigenvalue weighted by molar-refractivity contribution is 0.102. The fraction of sp³-hybridized carbons (Fsp3) is 0. The zero-order valence-electron chi connectivity index (χ0n) is 13.2. The molecule has 3 aromatic rings. The Morgan fingerprint density at radius 1 is 1.04 bits per heavy atom. The van der Waals surface area contributed by atoms with E-state index < -0.39 is 23.2 Å². The average molecular weight is 351 g/mol. The van der Waals surface area contributed by atoms with Crippen LogP contribution in [0.1, 0.15) is 16.1 Å². The van der Waals surface area contributed by atoms with Gasteiger partial charge in [-0.3, -0.25) is 4.79 Å². The molecule has 1 aromatic heterocycles. The van der Waals surface area contributed by atoms with Gasteiger partial charge >= 0.3 is 0 Å². The second-order valence-corrected chi connectivity index (χ2v) is 5.15. The van der Waals surface area contributed by atoms with E-state index in [1.807, 2.05) is 6.07 Å². The maximum Gasteiger partial charge on any atom is 0.274 e. The lowest BCUT2D eigenvalue weighted by Crippen LogP contribution is -2.16. The monoisotopic (exact) mass is 351 g/mol. The minimum Gasteiger partial charge on any atom is -0.340 e. The Hall–Kier alpha value is -3.86. The molecule has 3 rings (SSSR count). The van der Waals surface area contributed by atoms with E-state index in [1.54, 1.807) is 24.3 Å². The number of anilines is 3. The van der Waals surface area contributed by atoms with E-state index >= 15 is 0 Å². The summed E-state index contributed by atoms with van der Waals surface area (Å²) < 4.78 is 27.3. The summed E-state index contributed by atoms with van der Waals surface area (Å²) in [4.78, 5) is 20.0. The quantitative estimate of drug-likeness (QED) is 0.749. The third-order valence-electron chi connectivity index (χ3n) is 3.39. The third kappa shape index (κ3) is 3.79. The summed E-state index contributed by atoms with van der Waals surface area (Å²) in [6.45, 7) is 0. The Balaban J connectivity index is 1.78. The van der Waals surface area contributed by atoms with Gasteiger partial charge in [0.1, 0.15) is 35.2 Å². The van der Waals surface area contributed by atoms with Crippen LogP contribution >= 0.6 is 0 Å². The molecule has 0 atom stereocenters. The summed E-state index contributed by atoms with van der Waals surface area (Å²) in [7, 11) is 0. The van der Waals surface area contributed by atoms with Crippen LogP contribution in [0, 0.1) is 23.0 Å². The molecule has 0 aliphatic rings. The average Bonchev–Trinajstić information content (AvgIpc) is 2.65. The van der Waals surface area contributed by atoms with Crippen LogP contribution < -0.4 is 10.6 Å². The molecule has 0 bridgehead atoms. The summed E-state index contributed by atoms with van der Waals surface area (Å²) in [5.74, 6) is -2.24. The smallest absolute Gasteiger partial charge is 0.274 e. The van der Waals surface area contributed by atoms with E-state index in [4.69, 9.17) is 5.26 Å². The molecule has 26 heavy (non-hydrogen) atoms. The topological polar surface area (TPSA) is 90.7 Å². The summed E-state index contributed by atoms with van der Waals surface area (Å²) >= 11 is 0.